The summed E-state index contributed by atoms with van der Waals surface area (Å²) in [6, 6.07) is 6.37. The van der Waals surface area contributed by atoms with Crippen LogP contribution >= 0.6 is 0 Å². The maximum atomic E-state index is 11.7. The van der Waals surface area contributed by atoms with Crippen molar-refractivity contribution in [2.24, 2.45) is 11.8 Å². The highest BCUT2D eigenvalue weighted by Gasteiger charge is 2.46. The Bertz CT molecular complexity index is 947. The van der Waals surface area contributed by atoms with Crippen LogP contribution < -0.4 is 4.74 Å². The Morgan fingerprint density at radius 3 is 3.04 bits per heavy atom. The van der Waals surface area contributed by atoms with E-state index < -0.39 is 5.97 Å². The maximum Gasteiger partial charge on any atom is 0.334 e. The number of nitrogens with zero attached hydrogens (tertiary/aromatic N) is 1. The Kier molecular flexibility index (Phi) is 3.72. The molecule has 3 aliphatic heterocycles. The van der Waals surface area contributed by atoms with Gasteiger partial charge in [0.25, 0.3) is 0 Å². The first-order valence-electron chi connectivity index (χ1n) is 9.58. The van der Waals surface area contributed by atoms with Crippen molar-refractivity contribution in [2.45, 2.75) is 31.9 Å². The second-order valence-corrected chi connectivity index (χ2v) is 7.92. The Morgan fingerprint density at radius 2 is 2.26 bits per heavy atom. The highest BCUT2D eigenvalue weighted by atomic mass is 16.5. The minimum Gasteiger partial charge on any atom is -0.497 e. The number of aliphatic carboxylic acids is 1. The maximum absolute atomic E-state index is 11.7. The Hall–Kier alpha value is -2.47. The quantitative estimate of drug-likeness (QED) is 0.852. The van der Waals surface area contributed by atoms with Crippen molar-refractivity contribution in [3.63, 3.8) is 0 Å². The lowest BCUT2D eigenvalue weighted by molar-refractivity contribution is -0.135. The van der Waals surface area contributed by atoms with E-state index >= 15 is 0 Å². The molecule has 1 fully saturated rings. The van der Waals surface area contributed by atoms with E-state index in [4.69, 9.17) is 9.47 Å². The van der Waals surface area contributed by atoms with Crippen molar-refractivity contribution in [3.05, 3.63) is 41.3 Å². The molecule has 2 N–H and O–H groups in total. The first-order valence-corrected chi connectivity index (χ1v) is 9.58. The van der Waals surface area contributed by atoms with Crippen LogP contribution in [-0.4, -0.2) is 47.3 Å². The van der Waals surface area contributed by atoms with E-state index in [0.717, 1.165) is 37.2 Å². The van der Waals surface area contributed by atoms with Gasteiger partial charge in [-0.2, -0.15) is 0 Å². The van der Waals surface area contributed by atoms with Gasteiger partial charge >= 0.3 is 5.97 Å². The van der Waals surface area contributed by atoms with Gasteiger partial charge in [-0.1, -0.05) is 0 Å². The zero-order chi connectivity index (χ0) is 18.7. The van der Waals surface area contributed by atoms with E-state index in [1.165, 1.54) is 22.9 Å². The zero-order valence-corrected chi connectivity index (χ0v) is 15.6. The van der Waals surface area contributed by atoms with E-state index in [1.54, 1.807) is 7.11 Å². The Labute approximate surface area is 157 Å². The molecular formula is C21H24N2O4. The number of nitrogens with one attached hydrogen (secondary N) is 1. The molecule has 3 unspecified atom stereocenters. The molecule has 6 heteroatoms. The van der Waals surface area contributed by atoms with Gasteiger partial charge in [-0.05, 0) is 43.5 Å². The summed E-state index contributed by atoms with van der Waals surface area (Å²) in [5.74, 6) is 0.260. The number of aromatic amines is 1. The smallest absolute Gasteiger partial charge is 0.334 e. The van der Waals surface area contributed by atoms with Gasteiger partial charge in [0.15, 0.2) is 0 Å². The fraction of sp³-hybridized carbons (Fsp3) is 0.476. The third-order valence-corrected chi connectivity index (χ3v) is 6.67. The summed E-state index contributed by atoms with van der Waals surface area (Å²) in [5.41, 5.74) is 4.14. The number of fused-ring (bicyclic) bond motifs is 6. The van der Waals surface area contributed by atoms with Gasteiger partial charge in [0.2, 0.25) is 0 Å². The van der Waals surface area contributed by atoms with E-state index in [2.05, 4.69) is 28.9 Å². The van der Waals surface area contributed by atoms with Crippen molar-refractivity contribution < 1.29 is 19.4 Å². The highest BCUT2D eigenvalue weighted by Crippen LogP contribution is 2.47. The normalized spacial score (nSPS) is 29.9. The number of carboxylic acid groups (broad SMARTS) is 1. The van der Waals surface area contributed by atoms with Gasteiger partial charge < -0.3 is 19.6 Å². The number of carboxylic acids is 1. The topological polar surface area (TPSA) is 74.8 Å². The lowest BCUT2D eigenvalue weighted by Gasteiger charge is -2.49. The zero-order valence-electron chi connectivity index (χ0n) is 15.6. The molecule has 0 bridgehead atoms. The van der Waals surface area contributed by atoms with E-state index in [-0.39, 0.29) is 24.0 Å². The second-order valence-electron chi connectivity index (χ2n) is 7.92. The first kappa shape index (κ1) is 16.7. The molecule has 0 saturated carbocycles. The number of hydrogen-bond acceptors (Lipinski definition) is 4. The van der Waals surface area contributed by atoms with Crippen molar-refractivity contribution >= 4 is 16.9 Å². The Morgan fingerprint density at radius 1 is 1.41 bits per heavy atom. The largest absolute Gasteiger partial charge is 0.497 e. The van der Waals surface area contributed by atoms with Gasteiger partial charge in [-0.15, -0.1) is 0 Å². The van der Waals surface area contributed by atoms with Crippen molar-refractivity contribution in [3.8, 4) is 5.75 Å². The molecule has 1 aromatic heterocycles. The molecule has 4 heterocycles. The van der Waals surface area contributed by atoms with Crippen molar-refractivity contribution in [2.75, 3.05) is 20.2 Å². The number of benzene rings is 1. The predicted octanol–water partition coefficient (Wildman–Crippen LogP) is 3.10. The molecule has 142 valence electrons. The predicted molar refractivity (Wildman–Crippen MR) is 101 cm³/mol. The number of ether oxygens (including phenoxy) is 2. The molecular weight excluding hydrogens is 344 g/mol. The van der Waals surface area contributed by atoms with Crippen LogP contribution in [0.5, 0.6) is 5.75 Å². The molecule has 4 atom stereocenters. The summed E-state index contributed by atoms with van der Waals surface area (Å²) in [5, 5.41) is 10.9. The number of methoxy groups -OCH3 is 1. The standard InChI is InChI=1S/C21H24N2O4/c1-11-16-9-23-6-5-13-15-7-12(26-2)3-4-18(15)22-20(13)19(23)8-14(16)17(10-27-11)21(24)25/h3-4,7,10-11,14,16,19,22H,5-6,8-9H2,1-2H3,(H,24,25)/t11-,14?,16?,19?/m0/s1. The minimum absolute atomic E-state index is 0.0272. The average Bonchev–Trinajstić information content (AvgIpc) is 3.05. The summed E-state index contributed by atoms with van der Waals surface area (Å²) >= 11 is 0. The Balaban J connectivity index is 1.56. The molecule has 3 aliphatic rings. The van der Waals surface area contributed by atoms with Crippen LogP contribution in [0.15, 0.2) is 30.0 Å². The van der Waals surface area contributed by atoms with E-state index in [0.29, 0.717) is 5.57 Å². The third kappa shape index (κ3) is 2.46. The van der Waals surface area contributed by atoms with E-state index in [9.17, 15) is 9.90 Å². The molecule has 5 rings (SSSR count). The van der Waals surface area contributed by atoms with Gasteiger partial charge in [-0.3, -0.25) is 4.90 Å². The molecule has 1 aromatic carbocycles. The van der Waals surface area contributed by atoms with Crippen LogP contribution in [0.4, 0.5) is 0 Å². The fourth-order valence-corrected chi connectivity index (χ4v) is 5.23. The van der Waals surface area contributed by atoms with Crippen LogP contribution in [0.3, 0.4) is 0 Å². The van der Waals surface area contributed by atoms with Crippen LogP contribution in [-0.2, 0) is 16.0 Å². The summed E-state index contributed by atoms with van der Waals surface area (Å²) in [6.45, 7) is 3.92. The molecule has 27 heavy (non-hydrogen) atoms. The molecule has 2 aromatic rings. The van der Waals surface area contributed by atoms with Gasteiger partial charge in [0.05, 0.1) is 31.1 Å². The van der Waals surface area contributed by atoms with Crippen LogP contribution in [0.1, 0.15) is 30.6 Å². The number of hydrogen-bond donors (Lipinski definition) is 2. The van der Waals surface area contributed by atoms with Crippen molar-refractivity contribution in [1.82, 2.24) is 9.88 Å². The number of H-pyrrole nitrogens is 1. The second kappa shape index (κ2) is 6.02. The summed E-state index contributed by atoms with van der Waals surface area (Å²) in [4.78, 5) is 17.9. The molecule has 6 nitrogen and oxygen atoms in total. The SMILES string of the molecule is COc1ccc2[nH]c3c(c2c1)CCN1CC2C(CC31)C(C(=O)O)=CO[C@H]2C. The number of piperidine rings is 1. The molecule has 0 aliphatic carbocycles. The third-order valence-electron chi connectivity index (χ3n) is 6.67. The molecule has 0 spiro atoms. The van der Waals surface area contributed by atoms with Gasteiger partial charge in [0, 0.05) is 41.5 Å². The minimum atomic E-state index is -0.859. The lowest BCUT2D eigenvalue weighted by Crippen LogP contribution is -2.51. The van der Waals surface area contributed by atoms with E-state index in [1.807, 2.05) is 6.07 Å². The monoisotopic (exact) mass is 368 g/mol. The molecule has 1 saturated heterocycles. The summed E-state index contributed by atoms with van der Waals surface area (Å²) < 4.78 is 11.1. The molecule has 0 amide bonds. The fourth-order valence-electron chi connectivity index (χ4n) is 5.23. The average molecular weight is 368 g/mol. The first-order chi connectivity index (χ1) is 13.1. The van der Waals surface area contributed by atoms with Crippen LogP contribution in [0, 0.1) is 11.8 Å². The van der Waals surface area contributed by atoms with Gasteiger partial charge in [0.1, 0.15) is 5.75 Å². The van der Waals surface area contributed by atoms with Crippen molar-refractivity contribution in [1.29, 1.82) is 0 Å². The van der Waals surface area contributed by atoms with Crippen LogP contribution in [0.2, 0.25) is 0 Å². The van der Waals surface area contributed by atoms with Crippen LogP contribution in [0.25, 0.3) is 10.9 Å². The lowest BCUT2D eigenvalue weighted by atomic mass is 9.72. The molecule has 0 radical (unpaired) electrons. The number of carbonyl (C=O) groups is 1. The van der Waals surface area contributed by atoms with Gasteiger partial charge in [-0.25, -0.2) is 4.79 Å². The summed E-state index contributed by atoms with van der Waals surface area (Å²) in [6.07, 6.45) is 3.33. The summed E-state index contributed by atoms with van der Waals surface area (Å²) in [7, 11) is 1.69. The number of rotatable bonds is 2. The highest BCUT2D eigenvalue weighted by molar-refractivity contribution is 5.88. The number of aromatic nitrogens is 1.